The summed E-state index contributed by atoms with van der Waals surface area (Å²) in [6.45, 7) is 5.56. The smallest absolute Gasteiger partial charge is 0.123 e. The lowest BCUT2D eigenvalue weighted by molar-refractivity contribution is 0.00386. The molecule has 0 unspecified atom stereocenters. The zero-order valence-corrected chi connectivity index (χ0v) is 13.1. The van der Waals surface area contributed by atoms with E-state index in [0.717, 1.165) is 6.54 Å². The zero-order valence-electron chi connectivity index (χ0n) is 13.1. The average molecular weight is 277 g/mol. The van der Waals surface area contributed by atoms with Crippen LogP contribution >= 0.6 is 0 Å². The number of likely N-dealkylation sites (N-methyl/N-ethyl adjacent to an activating group) is 1. The number of hydrogen-bond donors (Lipinski definition) is 1. The van der Waals surface area contributed by atoms with Gasteiger partial charge in [-0.3, -0.25) is 0 Å². The lowest BCUT2D eigenvalue weighted by Crippen LogP contribution is -2.54. The topological polar surface area (TPSA) is 12.0 Å². The van der Waals surface area contributed by atoms with E-state index in [1.165, 1.54) is 44.1 Å². The summed E-state index contributed by atoms with van der Waals surface area (Å²) in [4.78, 5) is 0. The summed E-state index contributed by atoms with van der Waals surface area (Å²) in [5, 5.41) is 3.35. The van der Waals surface area contributed by atoms with E-state index >= 15 is 0 Å². The summed E-state index contributed by atoms with van der Waals surface area (Å²) < 4.78 is 13.2. The summed E-state index contributed by atoms with van der Waals surface area (Å²) in [6, 6.07) is 7.17. The van der Waals surface area contributed by atoms with Gasteiger partial charge in [0.1, 0.15) is 5.82 Å². The molecule has 1 nitrogen and oxygen atoms in total. The summed E-state index contributed by atoms with van der Waals surface area (Å²) in [6.07, 6.45) is 7.67. The Morgan fingerprint density at radius 2 is 1.60 bits per heavy atom. The molecule has 0 bridgehead atoms. The summed E-state index contributed by atoms with van der Waals surface area (Å²) in [5.41, 5.74) is 2.04. The third-order valence-electron chi connectivity index (χ3n) is 4.96. The van der Waals surface area contributed by atoms with Crippen molar-refractivity contribution >= 4 is 0 Å². The Morgan fingerprint density at radius 3 is 2.05 bits per heavy atom. The fraction of sp³-hybridized carbons (Fsp3) is 0.667. The van der Waals surface area contributed by atoms with Crippen LogP contribution in [0.4, 0.5) is 4.39 Å². The van der Waals surface area contributed by atoms with Gasteiger partial charge in [0.15, 0.2) is 0 Å². The standard InChI is InChI=1S/C18H28FN/c1-4-10-17(11-5-2)12-18(13-17,14-20-3)15-6-8-16(19)9-7-15/h6-9,20H,4-5,10-14H2,1-3H3. The van der Waals surface area contributed by atoms with Crippen molar-refractivity contribution in [3.63, 3.8) is 0 Å². The van der Waals surface area contributed by atoms with Crippen LogP contribution in [0.1, 0.15) is 57.9 Å². The second-order valence-corrected chi connectivity index (χ2v) is 6.67. The third kappa shape index (κ3) is 2.90. The minimum absolute atomic E-state index is 0.138. The molecule has 1 aromatic carbocycles. The number of halogens is 1. The molecular formula is C18H28FN. The van der Waals surface area contributed by atoms with Gasteiger partial charge in [-0.2, -0.15) is 0 Å². The SMILES string of the molecule is CCCC1(CCC)CC(CNC)(c2ccc(F)cc2)C1. The van der Waals surface area contributed by atoms with E-state index in [4.69, 9.17) is 0 Å². The summed E-state index contributed by atoms with van der Waals surface area (Å²) in [5.74, 6) is -0.138. The molecule has 1 aliphatic carbocycles. The van der Waals surface area contributed by atoms with Crippen LogP contribution in [0.3, 0.4) is 0 Å². The lowest BCUT2D eigenvalue weighted by Gasteiger charge is -2.57. The molecule has 0 amide bonds. The fourth-order valence-corrected chi connectivity index (χ4v) is 4.50. The van der Waals surface area contributed by atoms with Crippen LogP contribution in [-0.4, -0.2) is 13.6 Å². The van der Waals surface area contributed by atoms with E-state index in [-0.39, 0.29) is 11.2 Å². The van der Waals surface area contributed by atoms with E-state index in [1.807, 2.05) is 19.2 Å². The molecule has 0 saturated heterocycles. The van der Waals surface area contributed by atoms with Crippen molar-refractivity contribution in [2.45, 2.75) is 57.8 Å². The van der Waals surface area contributed by atoms with Crippen LogP contribution in [0.25, 0.3) is 0 Å². The van der Waals surface area contributed by atoms with Gasteiger partial charge in [-0.25, -0.2) is 4.39 Å². The van der Waals surface area contributed by atoms with Crippen LogP contribution in [-0.2, 0) is 5.41 Å². The van der Waals surface area contributed by atoms with Gasteiger partial charge < -0.3 is 5.32 Å². The molecule has 1 fully saturated rings. The molecule has 0 aromatic heterocycles. The maximum Gasteiger partial charge on any atom is 0.123 e. The van der Waals surface area contributed by atoms with E-state index in [2.05, 4.69) is 19.2 Å². The Balaban J connectivity index is 2.19. The molecule has 2 rings (SSSR count). The highest BCUT2D eigenvalue weighted by Gasteiger charge is 2.53. The molecule has 0 heterocycles. The quantitative estimate of drug-likeness (QED) is 0.764. The number of nitrogens with one attached hydrogen (secondary N) is 1. The van der Waals surface area contributed by atoms with E-state index in [0.29, 0.717) is 5.41 Å². The maximum absolute atomic E-state index is 13.2. The molecule has 1 N–H and O–H groups in total. The molecule has 20 heavy (non-hydrogen) atoms. The molecule has 112 valence electrons. The van der Waals surface area contributed by atoms with Gasteiger partial charge in [0.2, 0.25) is 0 Å². The monoisotopic (exact) mass is 277 g/mol. The number of rotatable bonds is 7. The molecule has 0 atom stereocenters. The number of benzene rings is 1. The predicted molar refractivity (Wildman–Crippen MR) is 83.5 cm³/mol. The highest BCUT2D eigenvalue weighted by Crippen LogP contribution is 2.59. The minimum Gasteiger partial charge on any atom is -0.319 e. The van der Waals surface area contributed by atoms with Crippen molar-refractivity contribution in [2.75, 3.05) is 13.6 Å². The highest BCUT2D eigenvalue weighted by atomic mass is 19.1. The van der Waals surface area contributed by atoms with Gasteiger partial charge >= 0.3 is 0 Å². The Kier molecular flexibility index (Phi) is 4.85. The molecule has 0 radical (unpaired) electrons. The number of hydrogen-bond acceptors (Lipinski definition) is 1. The van der Waals surface area contributed by atoms with Crippen LogP contribution in [0.2, 0.25) is 0 Å². The average Bonchev–Trinajstić information content (AvgIpc) is 2.38. The van der Waals surface area contributed by atoms with Gasteiger partial charge in [-0.15, -0.1) is 0 Å². The predicted octanol–water partition coefficient (Wildman–Crippen LogP) is 4.66. The van der Waals surface area contributed by atoms with Crippen LogP contribution in [0.15, 0.2) is 24.3 Å². The van der Waals surface area contributed by atoms with E-state index in [1.54, 1.807) is 12.1 Å². The van der Waals surface area contributed by atoms with E-state index < -0.39 is 0 Å². The van der Waals surface area contributed by atoms with Crippen molar-refractivity contribution < 1.29 is 4.39 Å². The van der Waals surface area contributed by atoms with Crippen LogP contribution < -0.4 is 5.32 Å². The van der Waals surface area contributed by atoms with Crippen molar-refractivity contribution in [1.29, 1.82) is 0 Å². The van der Waals surface area contributed by atoms with Gasteiger partial charge in [-0.1, -0.05) is 38.8 Å². The molecule has 0 aliphatic heterocycles. The Hall–Kier alpha value is -0.890. The zero-order chi connectivity index (χ0) is 14.6. The first-order valence-electron chi connectivity index (χ1n) is 8.00. The third-order valence-corrected chi connectivity index (χ3v) is 4.96. The molecule has 2 heteroatoms. The second kappa shape index (κ2) is 6.26. The van der Waals surface area contributed by atoms with Gasteiger partial charge in [0.25, 0.3) is 0 Å². The Bertz CT molecular complexity index is 410. The normalized spacial score (nSPS) is 19.6. The molecular weight excluding hydrogens is 249 g/mol. The maximum atomic E-state index is 13.2. The Labute approximate surface area is 123 Å². The first-order valence-corrected chi connectivity index (χ1v) is 8.00. The van der Waals surface area contributed by atoms with Crippen molar-refractivity contribution in [1.82, 2.24) is 5.32 Å². The fourth-order valence-electron chi connectivity index (χ4n) is 4.50. The first-order chi connectivity index (χ1) is 9.60. The Morgan fingerprint density at radius 1 is 1.05 bits per heavy atom. The van der Waals surface area contributed by atoms with Gasteiger partial charge in [0, 0.05) is 12.0 Å². The molecule has 1 aliphatic rings. The van der Waals surface area contributed by atoms with Crippen LogP contribution in [0, 0.1) is 11.2 Å². The largest absolute Gasteiger partial charge is 0.319 e. The summed E-state index contributed by atoms with van der Waals surface area (Å²) >= 11 is 0. The second-order valence-electron chi connectivity index (χ2n) is 6.67. The van der Waals surface area contributed by atoms with Gasteiger partial charge in [-0.05, 0) is 55.8 Å². The summed E-state index contributed by atoms with van der Waals surface area (Å²) in [7, 11) is 2.02. The first kappa shape index (κ1) is 15.5. The molecule has 1 aromatic rings. The van der Waals surface area contributed by atoms with Gasteiger partial charge in [0.05, 0.1) is 0 Å². The minimum atomic E-state index is -0.138. The highest BCUT2D eigenvalue weighted by molar-refractivity contribution is 5.32. The van der Waals surface area contributed by atoms with Crippen LogP contribution in [0.5, 0.6) is 0 Å². The van der Waals surface area contributed by atoms with E-state index in [9.17, 15) is 4.39 Å². The molecule has 0 spiro atoms. The van der Waals surface area contributed by atoms with Crippen molar-refractivity contribution in [3.05, 3.63) is 35.6 Å². The van der Waals surface area contributed by atoms with Crippen molar-refractivity contribution in [2.24, 2.45) is 5.41 Å². The molecule has 1 saturated carbocycles. The van der Waals surface area contributed by atoms with Crippen molar-refractivity contribution in [3.8, 4) is 0 Å². The lowest BCUT2D eigenvalue weighted by atomic mass is 9.48.